The van der Waals surface area contributed by atoms with Crippen LogP contribution in [0.5, 0.6) is 28.7 Å². The predicted octanol–water partition coefficient (Wildman–Crippen LogP) is 3.04. The minimum absolute atomic E-state index is 0.00827. The maximum atomic E-state index is 12.2. The van der Waals surface area contributed by atoms with Crippen molar-refractivity contribution in [3.05, 3.63) is 41.0 Å². The van der Waals surface area contributed by atoms with E-state index in [1.807, 2.05) is 0 Å². The van der Waals surface area contributed by atoms with Crippen LogP contribution in [0.4, 0.5) is 0 Å². The topological polar surface area (TPSA) is 76.0 Å². The highest BCUT2D eigenvalue weighted by Gasteiger charge is 2.27. The van der Waals surface area contributed by atoms with Gasteiger partial charge in [-0.2, -0.15) is 0 Å². The van der Waals surface area contributed by atoms with Gasteiger partial charge in [0.15, 0.2) is 11.5 Å². The zero-order valence-corrected chi connectivity index (χ0v) is 10.9. The van der Waals surface area contributed by atoms with Gasteiger partial charge in [-0.15, -0.1) is 0 Å². The van der Waals surface area contributed by atoms with Crippen molar-refractivity contribution in [2.45, 2.75) is 13.8 Å². The Hall–Kier alpha value is -2.69. The van der Waals surface area contributed by atoms with Crippen LogP contribution in [0.3, 0.4) is 0 Å². The van der Waals surface area contributed by atoms with Crippen molar-refractivity contribution in [3.63, 3.8) is 0 Å². The third-order valence-electron chi connectivity index (χ3n) is 3.13. The van der Waals surface area contributed by atoms with E-state index in [1.54, 1.807) is 13.8 Å². The summed E-state index contributed by atoms with van der Waals surface area (Å²) in [6.45, 7) is 3.41. The molecule has 0 atom stereocenters. The molecule has 0 aliphatic carbocycles. The molecule has 0 radical (unpaired) electrons. The van der Waals surface area contributed by atoms with Crippen LogP contribution >= 0.6 is 0 Å². The molecule has 0 amide bonds. The lowest BCUT2D eigenvalue weighted by molar-refractivity contribution is 0.0736. The van der Waals surface area contributed by atoms with Crippen LogP contribution in [0.15, 0.2) is 24.3 Å². The number of aryl methyl sites for hydroxylation is 2. The summed E-state index contributed by atoms with van der Waals surface area (Å²) in [4.78, 5) is 12.2. The van der Waals surface area contributed by atoms with Crippen LogP contribution in [-0.2, 0) is 0 Å². The molecular weight excluding hydrogens is 260 g/mol. The van der Waals surface area contributed by atoms with Gasteiger partial charge in [0.1, 0.15) is 22.8 Å². The highest BCUT2D eigenvalue weighted by molar-refractivity contribution is 5.97. The largest absolute Gasteiger partial charge is 0.508 e. The minimum atomic E-state index is -0.582. The Morgan fingerprint density at radius 3 is 2.15 bits per heavy atom. The van der Waals surface area contributed by atoms with E-state index in [0.717, 1.165) is 0 Å². The van der Waals surface area contributed by atoms with E-state index >= 15 is 0 Å². The van der Waals surface area contributed by atoms with Gasteiger partial charge in [-0.05, 0) is 37.1 Å². The molecule has 20 heavy (non-hydrogen) atoms. The molecule has 0 bridgehead atoms. The number of aromatic hydroxyl groups is 2. The molecule has 0 saturated carbocycles. The number of benzene rings is 2. The summed E-state index contributed by atoms with van der Waals surface area (Å²) in [7, 11) is 0. The first-order valence-electron chi connectivity index (χ1n) is 6.03. The summed E-state index contributed by atoms with van der Waals surface area (Å²) in [5, 5.41) is 19.2. The molecule has 1 aliphatic heterocycles. The molecule has 5 heteroatoms. The third-order valence-corrected chi connectivity index (χ3v) is 3.13. The van der Waals surface area contributed by atoms with Crippen LogP contribution in [0.1, 0.15) is 21.5 Å². The fraction of sp³-hybridized carbons (Fsp3) is 0.133. The molecule has 2 N–H and O–H groups in total. The Morgan fingerprint density at radius 2 is 1.45 bits per heavy atom. The maximum Gasteiger partial charge on any atom is 0.347 e. The summed E-state index contributed by atoms with van der Waals surface area (Å²) in [6, 6.07) is 5.66. The van der Waals surface area contributed by atoms with Crippen LogP contribution in [0.2, 0.25) is 0 Å². The number of hydrogen-bond acceptors (Lipinski definition) is 5. The van der Waals surface area contributed by atoms with Gasteiger partial charge in [-0.3, -0.25) is 0 Å². The summed E-state index contributed by atoms with van der Waals surface area (Å²) in [5.74, 6) is 0.154. The lowest BCUT2D eigenvalue weighted by Crippen LogP contribution is -2.09. The minimum Gasteiger partial charge on any atom is -0.508 e. The van der Waals surface area contributed by atoms with Crippen LogP contribution < -0.4 is 9.47 Å². The Kier molecular flexibility index (Phi) is 2.57. The number of fused-ring (bicyclic) bond motifs is 2. The third kappa shape index (κ3) is 1.84. The standard InChI is InChI=1S/C15H12O5/c1-7-3-9(16)5-11-13(7)15(18)20-12-6-10(17)4-8(2)14(12)19-11/h3-6,16-17H,1-2H3. The molecule has 3 rings (SSSR count). The fourth-order valence-corrected chi connectivity index (χ4v) is 2.27. The predicted molar refractivity (Wildman–Crippen MR) is 70.7 cm³/mol. The lowest BCUT2D eigenvalue weighted by Gasteiger charge is -2.10. The molecule has 0 unspecified atom stereocenters. The average molecular weight is 272 g/mol. The van der Waals surface area contributed by atoms with E-state index in [1.165, 1.54) is 24.3 Å². The van der Waals surface area contributed by atoms with E-state index < -0.39 is 5.97 Å². The Bertz CT molecular complexity index is 734. The molecule has 2 aromatic rings. The number of hydrogen-bond donors (Lipinski definition) is 2. The number of rotatable bonds is 0. The second-order valence-corrected chi connectivity index (χ2v) is 4.72. The van der Waals surface area contributed by atoms with Gasteiger partial charge in [0.05, 0.1) is 0 Å². The number of phenolic OH excluding ortho intramolecular Hbond substituents is 2. The van der Waals surface area contributed by atoms with Crippen molar-refractivity contribution in [1.29, 1.82) is 0 Å². The molecule has 0 saturated heterocycles. The highest BCUT2D eigenvalue weighted by atomic mass is 16.6. The van der Waals surface area contributed by atoms with Gasteiger partial charge >= 0.3 is 5.97 Å². The molecule has 5 nitrogen and oxygen atoms in total. The van der Waals surface area contributed by atoms with Gasteiger partial charge in [-0.25, -0.2) is 4.79 Å². The number of esters is 1. The molecule has 2 aromatic carbocycles. The van der Waals surface area contributed by atoms with E-state index in [4.69, 9.17) is 9.47 Å². The smallest absolute Gasteiger partial charge is 0.347 e. The van der Waals surface area contributed by atoms with Gasteiger partial charge in [0.25, 0.3) is 0 Å². The number of ether oxygens (including phenoxy) is 2. The number of carbonyl (C=O) groups excluding carboxylic acids is 1. The molecule has 0 fully saturated rings. The second kappa shape index (κ2) is 4.16. The van der Waals surface area contributed by atoms with Gasteiger partial charge in [-0.1, -0.05) is 0 Å². The summed E-state index contributed by atoms with van der Waals surface area (Å²) >= 11 is 0. The van der Waals surface area contributed by atoms with Crippen molar-refractivity contribution < 1.29 is 24.5 Å². The van der Waals surface area contributed by atoms with Crippen LogP contribution in [-0.4, -0.2) is 16.2 Å². The van der Waals surface area contributed by atoms with Crippen LogP contribution in [0, 0.1) is 13.8 Å². The van der Waals surface area contributed by atoms with E-state index in [-0.39, 0.29) is 28.6 Å². The van der Waals surface area contributed by atoms with E-state index in [0.29, 0.717) is 16.9 Å². The Balaban J connectivity index is 2.25. The van der Waals surface area contributed by atoms with E-state index in [2.05, 4.69) is 0 Å². The average Bonchev–Trinajstić information content (AvgIpc) is 2.45. The Morgan fingerprint density at radius 1 is 0.850 bits per heavy atom. The van der Waals surface area contributed by atoms with Crippen molar-refractivity contribution >= 4 is 5.97 Å². The zero-order chi connectivity index (χ0) is 14.4. The van der Waals surface area contributed by atoms with Crippen molar-refractivity contribution in [2.75, 3.05) is 0 Å². The van der Waals surface area contributed by atoms with Gasteiger partial charge in [0, 0.05) is 12.1 Å². The first-order chi connectivity index (χ1) is 9.45. The van der Waals surface area contributed by atoms with Gasteiger partial charge in [0.2, 0.25) is 0 Å². The summed E-state index contributed by atoms with van der Waals surface area (Å²) in [6.07, 6.45) is 0. The monoisotopic (exact) mass is 272 g/mol. The van der Waals surface area contributed by atoms with Crippen molar-refractivity contribution in [3.8, 4) is 28.7 Å². The number of phenols is 2. The molecule has 1 aliphatic rings. The SMILES string of the molecule is Cc1cc(O)cc2c1Oc1cc(O)cc(C)c1C(=O)O2. The van der Waals surface area contributed by atoms with Crippen molar-refractivity contribution in [2.24, 2.45) is 0 Å². The first-order valence-corrected chi connectivity index (χ1v) is 6.03. The fourth-order valence-electron chi connectivity index (χ4n) is 2.27. The molecule has 102 valence electrons. The first kappa shape index (κ1) is 12.3. The quantitative estimate of drug-likeness (QED) is 0.569. The number of carbonyl (C=O) groups is 1. The van der Waals surface area contributed by atoms with Gasteiger partial charge < -0.3 is 19.7 Å². The highest BCUT2D eigenvalue weighted by Crippen LogP contribution is 2.43. The zero-order valence-electron chi connectivity index (χ0n) is 10.9. The molecule has 0 spiro atoms. The Labute approximate surface area is 115 Å². The molecule has 1 heterocycles. The molecule has 0 aromatic heterocycles. The van der Waals surface area contributed by atoms with Crippen LogP contribution in [0.25, 0.3) is 0 Å². The van der Waals surface area contributed by atoms with E-state index in [9.17, 15) is 15.0 Å². The lowest BCUT2D eigenvalue weighted by atomic mass is 10.1. The summed E-state index contributed by atoms with van der Waals surface area (Å²) in [5.41, 5.74) is 1.44. The molecular formula is C15H12O5. The maximum absolute atomic E-state index is 12.2. The normalized spacial score (nSPS) is 12.8. The summed E-state index contributed by atoms with van der Waals surface area (Å²) < 4.78 is 11.0. The van der Waals surface area contributed by atoms with Crippen molar-refractivity contribution in [1.82, 2.24) is 0 Å². The second-order valence-electron chi connectivity index (χ2n) is 4.72.